The standard InChI is InChI=1S/C19H21NO6/c1-24-17(21)13-9-6-10-14(16(13)18(22)25-2)20-15(11-26-19(20)23)12-7-4-3-5-8-12/h3-8,10,13-16H,9,11H2,1-2H3/t13-,14-,15+,16-/m1/s1. The van der Waals surface area contributed by atoms with E-state index in [4.69, 9.17) is 14.2 Å². The number of cyclic esters (lactones) is 1. The fourth-order valence-electron chi connectivity index (χ4n) is 3.66. The Kier molecular flexibility index (Phi) is 5.25. The Labute approximate surface area is 151 Å². The average molecular weight is 359 g/mol. The third-order valence-electron chi connectivity index (χ3n) is 4.92. The van der Waals surface area contributed by atoms with Gasteiger partial charge in [-0.25, -0.2) is 4.79 Å². The molecule has 0 saturated carbocycles. The number of esters is 2. The topological polar surface area (TPSA) is 82.1 Å². The molecule has 138 valence electrons. The first kappa shape index (κ1) is 18.0. The molecule has 1 aromatic rings. The van der Waals surface area contributed by atoms with Gasteiger partial charge in [0.1, 0.15) is 6.61 Å². The molecule has 0 bridgehead atoms. The van der Waals surface area contributed by atoms with Gasteiger partial charge in [-0.1, -0.05) is 42.5 Å². The van der Waals surface area contributed by atoms with Crippen molar-refractivity contribution in [3.05, 3.63) is 48.0 Å². The molecule has 0 N–H and O–H groups in total. The van der Waals surface area contributed by atoms with Crippen LogP contribution < -0.4 is 0 Å². The predicted octanol–water partition coefficient (Wildman–Crippen LogP) is 2.09. The zero-order valence-electron chi connectivity index (χ0n) is 14.7. The number of ether oxygens (including phenoxy) is 3. The van der Waals surface area contributed by atoms with Crippen molar-refractivity contribution < 1.29 is 28.6 Å². The van der Waals surface area contributed by atoms with Crippen molar-refractivity contribution >= 4 is 18.0 Å². The van der Waals surface area contributed by atoms with Crippen molar-refractivity contribution in [3.63, 3.8) is 0 Å². The first-order valence-corrected chi connectivity index (χ1v) is 8.40. The zero-order valence-corrected chi connectivity index (χ0v) is 14.7. The summed E-state index contributed by atoms with van der Waals surface area (Å²) in [4.78, 5) is 38.6. The second-order valence-electron chi connectivity index (χ2n) is 6.24. The third-order valence-corrected chi connectivity index (χ3v) is 4.92. The summed E-state index contributed by atoms with van der Waals surface area (Å²) in [6.07, 6.45) is 3.39. The number of nitrogens with zero attached hydrogens (tertiary/aromatic N) is 1. The normalized spacial score (nSPS) is 27.8. The van der Waals surface area contributed by atoms with Gasteiger partial charge in [-0.15, -0.1) is 0 Å². The van der Waals surface area contributed by atoms with Crippen LogP contribution in [0.2, 0.25) is 0 Å². The molecule has 1 saturated heterocycles. The molecule has 0 spiro atoms. The summed E-state index contributed by atoms with van der Waals surface area (Å²) in [5.41, 5.74) is 0.899. The van der Waals surface area contributed by atoms with Crippen molar-refractivity contribution in [1.82, 2.24) is 4.90 Å². The van der Waals surface area contributed by atoms with Crippen LogP contribution in [-0.2, 0) is 23.8 Å². The molecule has 1 heterocycles. The predicted molar refractivity (Wildman–Crippen MR) is 90.9 cm³/mol. The van der Waals surface area contributed by atoms with Gasteiger partial charge in [0.05, 0.1) is 38.1 Å². The van der Waals surface area contributed by atoms with E-state index in [0.717, 1.165) is 5.56 Å². The highest BCUT2D eigenvalue weighted by Crippen LogP contribution is 2.38. The van der Waals surface area contributed by atoms with E-state index in [0.29, 0.717) is 6.42 Å². The molecule has 0 unspecified atom stereocenters. The molecule has 7 heteroatoms. The Morgan fingerprint density at radius 1 is 1.12 bits per heavy atom. The molecule has 0 radical (unpaired) electrons. The minimum Gasteiger partial charge on any atom is -0.469 e. The average Bonchev–Trinajstić information content (AvgIpc) is 3.08. The second kappa shape index (κ2) is 7.59. The van der Waals surface area contributed by atoms with Crippen molar-refractivity contribution in [2.45, 2.75) is 18.5 Å². The first-order valence-electron chi connectivity index (χ1n) is 8.40. The smallest absolute Gasteiger partial charge is 0.411 e. The lowest BCUT2D eigenvalue weighted by Crippen LogP contribution is -2.50. The van der Waals surface area contributed by atoms with Crippen LogP contribution in [-0.4, -0.2) is 49.8 Å². The van der Waals surface area contributed by atoms with Gasteiger partial charge < -0.3 is 14.2 Å². The number of hydrogen-bond acceptors (Lipinski definition) is 6. The molecule has 3 rings (SSSR count). The van der Waals surface area contributed by atoms with Gasteiger partial charge >= 0.3 is 18.0 Å². The molecular weight excluding hydrogens is 338 g/mol. The zero-order chi connectivity index (χ0) is 18.7. The molecule has 1 aliphatic carbocycles. The van der Waals surface area contributed by atoms with Gasteiger partial charge in [0.25, 0.3) is 0 Å². The van der Waals surface area contributed by atoms with Gasteiger partial charge in [-0.3, -0.25) is 14.5 Å². The molecule has 2 aliphatic rings. The lowest BCUT2D eigenvalue weighted by Gasteiger charge is -2.38. The summed E-state index contributed by atoms with van der Waals surface area (Å²) in [6, 6.07) is 8.44. The van der Waals surface area contributed by atoms with Crippen molar-refractivity contribution in [2.75, 3.05) is 20.8 Å². The number of carbonyl (C=O) groups excluding carboxylic acids is 3. The lowest BCUT2D eigenvalue weighted by atomic mass is 9.78. The Balaban J connectivity index is 1.99. The molecule has 1 amide bonds. The Morgan fingerprint density at radius 3 is 2.46 bits per heavy atom. The third kappa shape index (κ3) is 3.16. The maximum atomic E-state index is 12.5. The number of allylic oxidation sites excluding steroid dienone is 1. The van der Waals surface area contributed by atoms with E-state index in [1.165, 1.54) is 19.1 Å². The minimum absolute atomic E-state index is 0.184. The summed E-state index contributed by atoms with van der Waals surface area (Å²) in [6.45, 7) is 0.184. The number of rotatable bonds is 4. The fraction of sp³-hybridized carbons (Fsp3) is 0.421. The van der Waals surface area contributed by atoms with Crippen LogP contribution in [0.15, 0.2) is 42.5 Å². The van der Waals surface area contributed by atoms with Gasteiger partial charge in [-0.2, -0.15) is 0 Å². The van der Waals surface area contributed by atoms with E-state index in [2.05, 4.69) is 0 Å². The van der Waals surface area contributed by atoms with E-state index in [1.54, 1.807) is 12.2 Å². The molecule has 1 aliphatic heterocycles. The van der Waals surface area contributed by atoms with Crippen LogP contribution in [0.25, 0.3) is 0 Å². The maximum Gasteiger partial charge on any atom is 0.411 e. The molecule has 4 atom stereocenters. The van der Waals surface area contributed by atoms with Crippen molar-refractivity contribution in [1.29, 1.82) is 0 Å². The van der Waals surface area contributed by atoms with E-state index in [9.17, 15) is 14.4 Å². The monoisotopic (exact) mass is 359 g/mol. The fourth-order valence-corrected chi connectivity index (χ4v) is 3.66. The van der Waals surface area contributed by atoms with Gasteiger partial charge in [0, 0.05) is 0 Å². The lowest BCUT2D eigenvalue weighted by molar-refractivity contribution is -0.159. The maximum absolute atomic E-state index is 12.5. The quantitative estimate of drug-likeness (QED) is 0.465. The van der Waals surface area contributed by atoms with E-state index in [1.807, 2.05) is 30.3 Å². The number of amides is 1. The Hall–Kier alpha value is -2.83. The number of hydrogen-bond donors (Lipinski definition) is 0. The Morgan fingerprint density at radius 2 is 1.81 bits per heavy atom. The molecule has 7 nitrogen and oxygen atoms in total. The van der Waals surface area contributed by atoms with Crippen LogP contribution in [0.1, 0.15) is 18.0 Å². The summed E-state index contributed by atoms with van der Waals surface area (Å²) in [5.74, 6) is -2.62. The molecule has 1 fully saturated rings. The molecule has 26 heavy (non-hydrogen) atoms. The van der Waals surface area contributed by atoms with E-state index < -0.39 is 35.9 Å². The van der Waals surface area contributed by atoms with Gasteiger partial charge in [0.2, 0.25) is 0 Å². The highest BCUT2D eigenvalue weighted by molar-refractivity contribution is 5.84. The second-order valence-corrected chi connectivity index (χ2v) is 6.24. The minimum atomic E-state index is -0.852. The van der Waals surface area contributed by atoms with E-state index in [-0.39, 0.29) is 12.6 Å². The SMILES string of the molecule is COC(=O)[C@H]1[C@H](N2C(=O)OC[C@H]2c2ccccc2)C=CC[C@H]1C(=O)OC. The van der Waals surface area contributed by atoms with Gasteiger partial charge in [-0.05, 0) is 12.0 Å². The van der Waals surface area contributed by atoms with Crippen LogP contribution in [0.5, 0.6) is 0 Å². The van der Waals surface area contributed by atoms with Crippen LogP contribution in [0, 0.1) is 11.8 Å². The van der Waals surface area contributed by atoms with Crippen molar-refractivity contribution in [3.8, 4) is 0 Å². The largest absolute Gasteiger partial charge is 0.469 e. The molecular formula is C19H21NO6. The summed E-state index contributed by atoms with van der Waals surface area (Å²) in [7, 11) is 2.55. The summed E-state index contributed by atoms with van der Waals surface area (Å²) >= 11 is 0. The first-order chi connectivity index (χ1) is 12.6. The summed E-state index contributed by atoms with van der Waals surface area (Å²) in [5, 5.41) is 0. The van der Waals surface area contributed by atoms with Crippen LogP contribution >= 0.6 is 0 Å². The van der Waals surface area contributed by atoms with Crippen molar-refractivity contribution in [2.24, 2.45) is 11.8 Å². The van der Waals surface area contributed by atoms with Gasteiger partial charge in [0.15, 0.2) is 0 Å². The summed E-state index contributed by atoms with van der Waals surface area (Å²) < 4.78 is 15.0. The highest BCUT2D eigenvalue weighted by atomic mass is 16.6. The molecule has 1 aromatic carbocycles. The number of benzene rings is 1. The number of carbonyl (C=O) groups is 3. The van der Waals surface area contributed by atoms with Crippen LogP contribution in [0.4, 0.5) is 4.79 Å². The van der Waals surface area contributed by atoms with Crippen LogP contribution in [0.3, 0.4) is 0 Å². The molecule has 0 aromatic heterocycles. The number of methoxy groups -OCH3 is 2. The Bertz CT molecular complexity index is 716. The van der Waals surface area contributed by atoms with E-state index >= 15 is 0 Å². The highest BCUT2D eigenvalue weighted by Gasteiger charge is 2.49.